The lowest BCUT2D eigenvalue weighted by molar-refractivity contribution is -0.127. The van der Waals surface area contributed by atoms with Crippen LogP contribution in [0.2, 0.25) is 5.02 Å². The quantitative estimate of drug-likeness (QED) is 0.882. The molecule has 0 aromatic heterocycles. The van der Waals surface area contributed by atoms with E-state index < -0.39 is 6.10 Å². The van der Waals surface area contributed by atoms with Gasteiger partial charge in [0.05, 0.1) is 0 Å². The van der Waals surface area contributed by atoms with Crippen molar-refractivity contribution < 1.29 is 9.53 Å². The van der Waals surface area contributed by atoms with Gasteiger partial charge in [-0.15, -0.1) is 12.4 Å². The van der Waals surface area contributed by atoms with Crippen LogP contribution in [0.1, 0.15) is 24.8 Å². The highest BCUT2D eigenvalue weighted by atomic mass is 35.5. The van der Waals surface area contributed by atoms with Crippen LogP contribution in [0.3, 0.4) is 0 Å². The van der Waals surface area contributed by atoms with Crippen molar-refractivity contribution in [3.63, 3.8) is 0 Å². The standard InChI is InChI=1S/C16H21ClN2O2.ClH/c17-13-3-4-14-12(8-13)9-15(21-14)16(20)19-7-5-11-2-1-6-18-10-11;/h3-4,8,11,15,18H,1-2,5-7,9-10H2,(H,19,20);1H. The summed E-state index contributed by atoms with van der Waals surface area (Å²) in [4.78, 5) is 12.2. The fourth-order valence-electron chi connectivity index (χ4n) is 3.05. The first kappa shape index (κ1) is 17.4. The number of hydrogen-bond acceptors (Lipinski definition) is 3. The third-order valence-corrected chi connectivity index (χ3v) is 4.48. The van der Waals surface area contributed by atoms with Gasteiger partial charge in [-0.3, -0.25) is 4.79 Å². The highest BCUT2D eigenvalue weighted by Crippen LogP contribution is 2.31. The number of hydrogen-bond donors (Lipinski definition) is 2. The first-order valence-corrected chi connectivity index (χ1v) is 8.03. The predicted molar refractivity (Wildman–Crippen MR) is 90.0 cm³/mol. The first-order valence-electron chi connectivity index (χ1n) is 7.66. The monoisotopic (exact) mass is 344 g/mol. The topological polar surface area (TPSA) is 50.4 Å². The highest BCUT2D eigenvalue weighted by molar-refractivity contribution is 6.30. The molecule has 0 aliphatic carbocycles. The summed E-state index contributed by atoms with van der Waals surface area (Å²) in [5.41, 5.74) is 1.01. The van der Waals surface area contributed by atoms with Crippen LogP contribution in [-0.2, 0) is 11.2 Å². The lowest BCUT2D eigenvalue weighted by Crippen LogP contribution is -2.39. The Bertz CT molecular complexity index is 519. The van der Waals surface area contributed by atoms with Crippen LogP contribution in [0.15, 0.2) is 18.2 Å². The molecule has 0 saturated carbocycles. The molecule has 2 N–H and O–H groups in total. The number of ether oxygens (including phenoxy) is 1. The Balaban J connectivity index is 0.00000176. The Labute approximate surface area is 142 Å². The minimum atomic E-state index is -0.414. The summed E-state index contributed by atoms with van der Waals surface area (Å²) in [7, 11) is 0. The number of halogens is 2. The normalized spacial score (nSPS) is 23.1. The summed E-state index contributed by atoms with van der Waals surface area (Å²) >= 11 is 5.96. The molecule has 1 saturated heterocycles. The van der Waals surface area contributed by atoms with Crippen molar-refractivity contribution in [3.05, 3.63) is 28.8 Å². The Kier molecular flexibility index (Phi) is 6.36. The third-order valence-electron chi connectivity index (χ3n) is 4.24. The molecule has 0 spiro atoms. The molecular weight excluding hydrogens is 323 g/mol. The maximum atomic E-state index is 12.2. The second-order valence-electron chi connectivity index (χ2n) is 5.85. The van der Waals surface area contributed by atoms with Crippen LogP contribution >= 0.6 is 24.0 Å². The van der Waals surface area contributed by atoms with Gasteiger partial charge in [-0.1, -0.05) is 11.6 Å². The molecule has 0 radical (unpaired) electrons. The van der Waals surface area contributed by atoms with Crippen molar-refractivity contribution in [1.82, 2.24) is 10.6 Å². The lowest BCUT2D eigenvalue weighted by Gasteiger charge is -2.22. The molecule has 6 heteroatoms. The molecule has 2 atom stereocenters. The van der Waals surface area contributed by atoms with E-state index in [4.69, 9.17) is 16.3 Å². The van der Waals surface area contributed by atoms with Gasteiger partial charge >= 0.3 is 0 Å². The van der Waals surface area contributed by atoms with Crippen LogP contribution in [0, 0.1) is 5.92 Å². The number of amides is 1. The first-order chi connectivity index (χ1) is 10.2. The van der Waals surface area contributed by atoms with Crippen molar-refractivity contribution in [2.45, 2.75) is 31.8 Å². The number of nitrogens with one attached hydrogen (secondary N) is 2. The molecule has 3 rings (SSSR count). The van der Waals surface area contributed by atoms with Gasteiger partial charge in [-0.25, -0.2) is 0 Å². The smallest absolute Gasteiger partial charge is 0.261 e. The van der Waals surface area contributed by atoms with Crippen LogP contribution in [0.25, 0.3) is 0 Å². The van der Waals surface area contributed by atoms with E-state index in [-0.39, 0.29) is 18.3 Å². The van der Waals surface area contributed by atoms with E-state index in [9.17, 15) is 4.79 Å². The minimum Gasteiger partial charge on any atom is -0.480 e. The predicted octanol–water partition coefficient (Wildman–Crippen LogP) is 2.57. The second kappa shape index (κ2) is 8.04. The second-order valence-corrected chi connectivity index (χ2v) is 6.29. The minimum absolute atomic E-state index is 0. The summed E-state index contributed by atoms with van der Waals surface area (Å²) < 4.78 is 5.68. The zero-order chi connectivity index (χ0) is 14.7. The Morgan fingerprint density at radius 3 is 3.09 bits per heavy atom. The molecule has 22 heavy (non-hydrogen) atoms. The lowest BCUT2D eigenvalue weighted by atomic mass is 9.96. The summed E-state index contributed by atoms with van der Waals surface area (Å²) in [6.45, 7) is 2.92. The number of piperidine rings is 1. The summed E-state index contributed by atoms with van der Waals surface area (Å²) in [6, 6.07) is 5.49. The fourth-order valence-corrected chi connectivity index (χ4v) is 3.24. The van der Waals surface area contributed by atoms with Crippen LogP contribution in [0.4, 0.5) is 0 Å². The largest absolute Gasteiger partial charge is 0.480 e. The Morgan fingerprint density at radius 2 is 2.32 bits per heavy atom. The SMILES string of the molecule is Cl.O=C(NCCC1CCCNC1)C1Cc2cc(Cl)ccc2O1. The number of benzene rings is 1. The number of carbonyl (C=O) groups excluding carboxylic acids is 1. The number of fused-ring (bicyclic) bond motifs is 1. The van der Waals surface area contributed by atoms with Crippen molar-refractivity contribution in [2.75, 3.05) is 19.6 Å². The van der Waals surface area contributed by atoms with Gasteiger partial charge in [0.1, 0.15) is 5.75 Å². The van der Waals surface area contributed by atoms with E-state index in [1.165, 1.54) is 12.8 Å². The molecule has 1 amide bonds. The molecular formula is C16H22Cl2N2O2. The van der Waals surface area contributed by atoms with Crippen LogP contribution in [-0.4, -0.2) is 31.6 Å². The molecule has 2 heterocycles. The molecule has 0 bridgehead atoms. The van der Waals surface area contributed by atoms with Gasteiger partial charge in [0.2, 0.25) is 0 Å². The van der Waals surface area contributed by atoms with Gasteiger partial charge in [0, 0.05) is 18.0 Å². The molecule has 1 aromatic carbocycles. The van der Waals surface area contributed by atoms with Crippen molar-refractivity contribution >= 4 is 29.9 Å². The van der Waals surface area contributed by atoms with E-state index in [1.807, 2.05) is 12.1 Å². The van der Waals surface area contributed by atoms with E-state index in [0.717, 1.165) is 37.4 Å². The van der Waals surface area contributed by atoms with Gasteiger partial charge in [0.15, 0.2) is 6.10 Å². The molecule has 4 nitrogen and oxygen atoms in total. The average Bonchev–Trinajstić information content (AvgIpc) is 2.91. The summed E-state index contributed by atoms with van der Waals surface area (Å²) in [5, 5.41) is 7.08. The van der Waals surface area contributed by atoms with Gasteiger partial charge in [0.25, 0.3) is 5.91 Å². The van der Waals surface area contributed by atoms with Crippen LogP contribution < -0.4 is 15.4 Å². The number of rotatable bonds is 4. The van der Waals surface area contributed by atoms with Crippen molar-refractivity contribution in [1.29, 1.82) is 0 Å². The Morgan fingerprint density at radius 1 is 1.45 bits per heavy atom. The van der Waals surface area contributed by atoms with Crippen molar-refractivity contribution in [2.24, 2.45) is 5.92 Å². The van der Waals surface area contributed by atoms with Gasteiger partial charge in [-0.2, -0.15) is 0 Å². The van der Waals surface area contributed by atoms with Crippen LogP contribution in [0.5, 0.6) is 5.75 Å². The average molecular weight is 345 g/mol. The molecule has 2 aliphatic heterocycles. The summed E-state index contributed by atoms with van der Waals surface area (Å²) in [6.07, 6.45) is 3.72. The zero-order valence-electron chi connectivity index (χ0n) is 12.4. The zero-order valence-corrected chi connectivity index (χ0v) is 14.0. The van der Waals surface area contributed by atoms with E-state index in [2.05, 4.69) is 10.6 Å². The molecule has 2 unspecified atom stereocenters. The van der Waals surface area contributed by atoms with E-state index in [1.54, 1.807) is 6.07 Å². The molecule has 1 fully saturated rings. The highest BCUT2D eigenvalue weighted by Gasteiger charge is 2.29. The van der Waals surface area contributed by atoms with E-state index >= 15 is 0 Å². The maximum Gasteiger partial charge on any atom is 0.261 e. The molecule has 122 valence electrons. The van der Waals surface area contributed by atoms with Gasteiger partial charge < -0.3 is 15.4 Å². The summed E-state index contributed by atoms with van der Waals surface area (Å²) in [5.74, 6) is 1.43. The number of carbonyl (C=O) groups is 1. The Hall–Kier alpha value is -0.970. The third kappa shape index (κ3) is 4.28. The maximum absolute atomic E-state index is 12.2. The van der Waals surface area contributed by atoms with Gasteiger partial charge in [-0.05, 0) is 62.0 Å². The molecule has 1 aromatic rings. The van der Waals surface area contributed by atoms with Crippen molar-refractivity contribution in [3.8, 4) is 5.75 Å². The van der Waals surface area contributed by atoms with E-state index in [0.29, 0.717) is 17.4 Å². The fraction of sp³-hybridized carbons (Fsp3) is 0.562. The molecule has 2 aliphatic rings.